The van der Waals surface area contributed by atoms with Gasteiger partial charge in [0.15, 0.2) is 0 Å². The highest BCUT2D eigenvalue weighted by Gasteiger charge is 2.17. The molecule has 3 N–H and O–H groups in total. The number of nitrogens with zero attached hydrogens (tertiary/aromatic N) is 1. The van der Waals surface area contributed by atoms with Crippen LogP contribution < -0.4 is 16.0 Å². The molecule has 2 amide bonds. The van der Waals surface area contributed by atoms with Crippen LogP contribution in [0.5, 0.6) is 0 Å². The van der Waals surface area contributed by atoms with Crippen molar-refractivity contribution in [1.82, 2.24) is 10.3 Å². The van der Waals surface area contributed by atoms with Gasteiger partial charge in [-0.3, -0.25) is 14.6 Å². The Balaban J connectivity index is 1.47. The van der Waals surface area contributed by atoms with E-state index in [1.807, 2.05) is 23.6 Å². The number of hydrogen-bond donors (Lipinski definition) is 3. The number of anilines is 2. The minimum Gasteiger partial charge on any atom is -0.380 e. The van der Waals surface area contributed by atoms with Crippen molar-refractivity contribution in [3.8, 4) is 0 Å². The Morgan fingerprint density at radius 2 is 2.10 bits per heavy atom. The monoisotopic (exact) mass is 424 g/mol. The standard InChI is InChI=1S/C21H17ClN4O2S/c22-17-4-3-13(20(27)25-12-16-2-1-7-29-16)9-19(17)26-21(28)15-8-14-10-23-6-5-18(14)24-11-15/h1-10,24H,11-12H2,(H,25,27)(H,26,28). The quantitative estimate of drug-likeness (QED) is 0.574. The molecule has 0 aliphatic carbocycles. The maximum Gasteiger partial charge on any atom is 0.253 e. The summed E-state index contributed by atoms with van der Waals surface area (Å²) in [5.41, 5.74) is 3.13. The van der Waals surface area contributed by atoms with E-state index < -0.39 is 0 Å². The smallest absolute Gasteiger partial charge is 0.253 e. The van der Waals surface area contributed by atoms with Crippen molar-refractivity contribution >= 4 is 52.2 Å². The summed E-state index contributed by atoms with van der Waals surface area (Å²) < 4.78 is 0. The fourth-order valence-corrected chi connectivity index (χ4v) is 3.71. The van der Waals surface area contributed by atoms with Crippen LogP contribution >= 0.6 is 22.9 Å². The molecule has 3 aromatic rings. The van der Waals surface area contributed by atoms with Crippen molar-refractivity contribution < 1.29 is 9.59 Å². The molecule has 0 spiro atoms. The summed E-state index contributed by atoms with van der Waals surface area (Å²) >= 11 is 7.81. The van der Waals surface area contributed by atoms with E-state index in [1.165, 1.54) is 0 Å². The molecule has 0 radical (unpaired) electrons. The summed E-state index contributed by atoms with van der Waals surface area (Å²) in [5.74, 6) is -0.519. The Morgan fingerprint density at radius 1 is 1.21 bits per heavy atom. The first-order valence-electron chi connectivity index (χ1n) is 8.90. The lowest BCUT2D eigenvalue weighted by Crippen LogP contribution is -2.24. The van der Waals surface area contributed by atoms with Gasteiger partial charge in [-0.05, 0) is 41.8 Å². The first-order chi connectivity index (χ1) is 14.1. The third-order valence-corrected chi connectivity index (χ3v) is 5.63. The van der Waals surface area contributed by atoms with Crippen molar-refractivity contribution in [2.45, 2.75) is 6.54 Å². The number of halogens is 1. The molecule has 4 rings (SSSR count). The van der Waals surface area contributed by atoms with E-state index in [4.69, 9.17) is 11.6 Å². The van der Waals surface area contributed by atoms with Crippen LogP contribution in [0.25, 0.3) is 6.08 Å². The molecule has 6 nitrogen and oxygen atoms in total. The molecule has 3 heterocycles. The number of hydrogen-bond acceptors (Lipinski definition) is 5. The van der Waals surface area contributed by atoms with Crippen LogP contribution in [0.2, 0.25) is 5.02 Å². The van der Waals surface area contributed by atoms with Gasteiger partial charge in [-0.25, -0.2) is 0 Å². The molecule has 0 saturated heterocycles. The van der Waals surface area contributed by atoms with Crippen LogP contribution in [0.15, 0.2) is 59.7 Å². The first-order valence-corrected chi connectivity index (χ1v) is 10.2. The second-order valence-corrected chi connectivity index (χ2v) is 7.84. The van der Waals surface area contributed by atoms with Gasteiger partial charge in [0.1, 0.15) is 0 Å². The van der Waals surface area contributed by atoms with Gasteiger partial charge in [0.25, 0.3) is 11.8 Å². The SMILES string of the molecule is O=C(Nc1cc(C(=O)NCc2cccs2)ccc1Cl)C1=Cc2cnccc2NC1. The van der Waals surface area contributed by atoms with Gasteiger partial charge in [-0.1, -0.05) is 17.7 Å². The van der Waals surface area contributed by atoms with E-state index in [2.05, 4.69) is 20.9 Å². The number of carbonyl (C=O) groups is 2. The van der Waals surface area contributed by atoms with Gasteiger partial charge in [-0.15, -0.1) is 11.3 Å². The van der Waals surface area contributed by atoms with E-state index in [0.29, 0.717) is 34.9 Å². The average Bonchev–Trinajstić information content (AvgIpc) is 3.27. The molecular weight excluding hydrogens is 408 g/mol. The zero-order chi connectivity index (χ0) is 20.2. The molecule has 0 unspecified atom stereocenters. The molecule has 2 aromatic heterocycles. The van der Waals surface area contributed by atoms with E-state index in [9.17, 15) is 9.59 Å². The molecule has 29 heavy (non-hydrogen) atoms. The van der Waals surface area contributed by atoms with Gasteiger partial charge in [0.05, 0.1) is 17.3 Å². The number of pyridine rings is 1. The van der Waals surface area contributed by atoms with Crippen molar-refractivity contribution in [1.29, 1.82) is 0 Å². The predicted molar refractivity (Wildman–Crippen MR) is 116 cm³/mol. The van der Waals surface area contributed by atoms with Crippen LogP contribution in [-0.4, -0.2) is 23.3 Å². The van der Waals surface area contributed by atoms with Crippen LogP contribution in [0.1, 0.15) is 20.8 Å². The number of aromatic nitrogens is 1. The number of carbonyl (C=O) groups excluding carboxylic acids is 2. The third kappa shape index (κ3) is 4.47. The van der Waals surface area contributed by atoms with Gasteiger partial charge < -0.3 is 16.0 Å². The minimum atomic E-state index is -0.287. The minimum absolute atomic E-state index is 0.232. The zero-order valence-corrected chi connectivity index (χ0v) is 16.8. The van der Waals surface area contributed by atoms with E-state index >= 15 is 0 Å². The highest BCUT2D eigenvalue weighted by atomic mass is 35.5. The molecule has 0 bridgehead atoms. The Kier molecular flexibility index (Phi) is 5.59. The molecule has 0 atom stereocenters. The fraction of sp³-hybridized carbons (Fsp3) is 0.0952. The van der Waals surface area contributed by atoms with Gasteiger partial charge in [0.2, 0.25) is 0 Å². The summed E-state index contributed by atoms with van der Waals surface area (Å²) in [4.78, 5) is 30.3. The topological polar surface area (TPSA) is 83.1 Å². The maximum absolute atomic E-state index is 12.7. The number of amides is 2. The largest absolute Gasteiger partial charge is 0.380 e. The van der Waals surface area contributed by atoms with Gasteiger partial charge >= 0.3 is 0 Å². The first kappa shape index (κ1) is 19.2. The van der Waals surface area contributed by atoms with Crippen molar-refractivity contribution in [2.75, 3.05) is 17.2 Å². The second-order valence-electron chi connectivity index (χ2n) is 6.40. The third-order valence-electron chi connectivity index (χ3n) is 4.42. The van der Waals surface area contributed by atoms with Gasteiger partial charge in [0, 0.05) is 46.2 Å². The lowest BCUT2D eigenvalue weighted by atomic mass is 10.1. The molecular formula is C21H17ClN4O2S. The highest BCUT2D eigenvalue weighted by Crippen LogP contribution is 2.26. The molecule has 1 aliphatic heterocycles. The van der Waals surface area contributed by atoms with Crippen LogP contribution in [-0.2, 0) is 11.3 Å². The summed E-state index contributed by atoms with van der Waals surface area (Å²) in [5, 5.41) is 11.2. The van der Waals surface area contributed by atoms with E-state index in [1.54, 1.807) is 48.0 Å². The van der Waals surface area contributed by atoms with Crippen LogP contribution in [0, 0.1) is 0 Å². The molecule has 1 aromatic carbocycles. The van der Waals surface area contributed by atoms with Crippen LogP contribution in [0.3, 0.4) is 0 Å². The summed E-state index contributed by atoms with van der Waals surface area (Å²) in [6, 6.07) is 10.6. The molecule has 1 aliphatic rings. The average molecular weight is 425 g/mol. The maximum atomic E-state index is 12.7. The van der Waals surface area contributed by atoms with Crippen molar-refractivity contribution in [2.24, 2.45) is 0 Å². The van der Waals surface area contributed by atoms with Crippen molar-refractivity contribution in [3.05, 3.63) is 80.8 Å². The normalized spacial score (nSPS) is 12.4. The van der Waals surface area contributed by atoms with E-state index in [-0.39, 0.29) is 11.8 Å². The van der Waals surface area contributed by atoms with Crippen molar-refractivity contribution in [3.63, 3.8) is 0 Å². The molecule has 0 saturated carbocycles. The number of benzene rings is 1. The fourth-order valence-electron chi connectivity index (χ4n) is 2.91. The summed E-state index contributed by atoms with van der Waals surface area (Å²) in [6.45, 7) is 0.842. The lowest BCUT2D eigenvalue weighted by molar-refractivity contribution is -0.112. The summed E-state index contributed by atoms with van der Waals surface area (Å²) in [7, 11) is 0. The van der Waals surface area contributed by atoms with Crippen LogP contribution in [0.4, 0.5) is 11.4 Å². The zero-order valence-electron chi connectivity index (χ0n) is 15.2. The predicted octanol–water partition coefficient (Wildman–Crippen LogP) is 4.17. The molecule has 146 valence electrons. The highest BCUT2D eigenvalue weighted by molar-refractivity contribution is 7.09. The number of thiophene rings is 1. The second kappa shape index (κ2) is 8.46. The number of fused-ring (bicyclic) bond motifs is 1. The van der Waals surface area contributed by atoms with E-state index in [0.717, 1.165) is 16.1 Å². The Bertz CT molecular complexity index is 1100. The number of nitrogens with one attached hydrogen (secondary N) is 3. The Labute approximate surface area is 176 Å². The summed E-state index contributed by atoms with van der Waals surface area (Å²) in [6.07, 6.45) is 5.18. The molecule has 8 heteroatoms. The Morgan fingerprint density at radius 3 is 2.93 bits per heavy atom. The van der Waals surface area contributed by atoms with Gasteiger partial charge in [-0.2, -0.15) is 0 Å². The number of rotatable bonds is 5. The Hall–Kier alpha value is -3.16. The lowest BCUT2D eigenvalue weighted by Gasteiger charge is -2.18. The molecule has 0 fully saturated rings.